The molecule has 3 heterocycles. The molecule has 1 aliphatic heterocycles. The second kappa shape index (κ2) is 21.7. The van der Waals surface area contributed by atoms with Gasteiger partial charge in [-0.1, -0.05) is 200 Å². The van der Waals surface area contributed by atoms with Crippen LogP contribution in [0.5, 0.6) is 11.5 Å². The molecule has 84 heavy (non-hydrogen) atoms. The number of aromatic nitrogens is 2. The van der Waals surface area contributed by atoms with Gasteiger partial charge in [-0.05, 0) is 156 Å². The second-order valence-corrected chi connectivity index (χ2v) is 28.0. The second-order valence-electron chi connectivity index (χ2n) is 28.0. The van der Waals surface area contributed by atoms with Crippen LogP contribution in [0, 0.1) is 24.7 Å². The average Bonchev–Trinajstić information content (AvgIpc) is 1.29. The van der Waals surface area contributed by atoms with E-state index >= 15 is 0 Å². The molecule has 0 fully saturated rings. The van der Waals surface area contributed by atoms with Gasteiger partial charge in [0.15, 0.2) is 0 Å². The normalized spacial score (nSPS) is 15.4. The van der Waals surface area contributed by atoms with Crippen molar-refractivity contribution in [2.45, 2.75) is 150 Å². The van der Waals surface area contributed by atoms with E-state index in [-0.39, 0.29) is 54.1 Å². The van der Waals surface area contributed by atoms with Crippen molar-refractivity contribution in [1.82, 2.24) is 9.55 Å². The number of hydrogen-bond acceptors (Lipinski definition) is 4. The summed E-state index contributed by atoms with van der Waals surface area (Å²) in [6.07, 6.45) is 2.45. The Balaban J connectivity index is 0.00000768. The molecule has 0 amide bonds. The maximum absolute atomic E-state index is 9.80. The zero-order valence-corrected chi connectivity index (χ0v) is 54.0. The van der Waals surface area contributed by atoms with Gasteiger partial charge >= 0.3 is 0 Å². The van der Waals surface area contributed by atoms with Crippen LogP contribution in [-0.2, 0) is 54.5 Å². The minimum Gasteiger partial charge on any atom is -0.509 e. The summed E-state index contributed by atoms with van der Waals surface area (Å²) in [7, 11) is 0. The molecular weight excluding hydrogens is 1200 g/mol. The fourth-order valence-electron chi connectivity index (χ4n) is 12.6. The number of pyridine rings is 1. The summed E-state index contributed by atoms with van der Waals surface area (Å²) >= 11 is 0. The predicted octanol–water partition coefficient (Wildman–Crippen LogP) is 21.4. The van der Waals surface area contributed by atoms with Crippen LogP contribution in [0.15, 0.2) is 170 Å². The fraction of sp³-hybridized carbons (Fsp3) is 0.308. The Morgan fingerprint density at radius 3 is 1.86 bits per heavy atom. The van der Waals surface area contributed by atoms with Crippen LogP contribution in [0.4, 0.5) is 22.7 Å². The van der Waals surface area contributed by atoms with Crippen LogP contribution in [0.2, 0.25) is 0 Å². The third kappa shape index (κ3) is 11.0. The summed E-state index contributed by atoms with van der Waals surface area (Å²) in [4.78, 5) is 9.43. The van der Waals surface area contributed by atoms with E-state index in [4.69, 9.17) is 9.72 Å². The summed E-state index contributed by atoms with van der Waals surface area (Å²) < 4.78 is 28.6. The van der Waals surface area contributed by atoms with Crippen molar-refractivity contribution in [3.63, 3.8) is 0 Å². The summed E-state index contributed by atoms with van der Waals surface area (Å²) in [6.45, 7) is 36.1. The molecule has 2 aliphatic rings. The van der Waals surface area contributed by atoms with E-state index in [0.29, 0.717) is 17.1 Å². The quantitative estimate of drug-likeness (QED) is 0.128. The first kappa shape index (κ1) is 56.0. The SMILES string of the molecule is [2H]C([2H])(c1cc(-c2ccc(-c3ccc(C(C)(C)C)cc3C(C)(C)C)cc2)c(N2[CH-]N(c3[c-]c(Oc4[c-]c5c(cc4)c4ccccc4n5-c4cc(C(C)(C)C)ccn4)ccc3)c3ccccc32)c(-c2ccc3c(c2)C(C)(C)CCC3(C)C)c1)C(C)C.[Pt]. The molecule has 1 aliphatic carbocycles. The number of para-hydroxylation sites is 3. The van der Waals surface area contributed by atoms with Crippen LogP contribution in [0.25, 0.3) is 61.0 Å². The average molecular weight is 1290 g/mol. The van der Waals surface area contributed by atoms with Crippen molar-refractivity contribution in [3.8, 4) is 50.7 Å². The molecule has 0 spiro atoms. The van der Waals surface area contributed by atoms with Gasteiger partial charge in [-0.25, -0.2) is 4.98 Å². The molecule has 432 valence electrons. The first-order valence-corrected chi connectivity index (χ1v) is 29.8. The largest absolute Gasteiger partial charge is 0.509 e. The monoisotopic (exact) mass is 1290 g/mol. The van der Waals surface area contributed by atoms with Crippen LogP contribution in [0.1, 0.15) is 153 Å². The molecule has 0 saturated heterocycles. The molecule has 0 N–H and O–H groups in total. The van der Waals surface area contributed by atoms with Crippen molar-refractivity contribution in [1.29, 1.82) is 0 Å². The van der Waals surface area contributed by atoms with E-state index in [0.717, 1.165) is 91.0 Å². The van der Waals surface area contributed by atoms with E-state index in [2.05, 4.69) is 269 Å². The van der Waals surface area contributed by atoms with Gasteiger partial charge in [-0.3, -0.25) is 0 Å². The number of nitrogens with zero attached hydrogens (tertiary/aromatic N) is 4. The molecule has 0 atom stereocenters. The Morgan fingerprint density at radius 1 is 0.571 bits per heavy atom. The number of anilines is 4. The number of hydrogen-bond donors (Lipinski definition) is 0. The molecule has 0 bridgehead atoms. The minimum absolute atomic E-state index is 0. The van der Waals surface area contributed by atoms with Gasteiger partial charge in [0.2, 0.25) is 0 Å². The molecule has 10 aromatic rings. The number of fused-ring (bicyclic) bond motifs is 5. The minimum atomic E-state index is -1.64. The van der Waals surface area contributed by atoms with Gasteiger partial charge in [-0.2, -0.15) is 12.1 Å². The number of benzene rings is 8. The van der Waals surface area contributed by atoms with Crippen molar-refractivity contribution in [2.24, 2.45) is 5.92 Å². The maximum Gasteiger partial charge on any atom is 0.135 e. The fourth-order valence-corrected chi connectivity index (χ4v) is 12.6. The number of rotatable bonds is 10. The topological polar surface area (TPSA) is 33.5 Å². The van der Waals surface area contributed by atoms with Crippen molar-refractivity contribution >= 4 is 44.6 Å². The van der Waals surface area contributed by atoms with E-state index in [1.54, 1.807) is 0 Å². The van der Waals surface area contributed by atoms with E-state index in [1.165, 1.54) is 33.4 Å². The number of ether oxygens (including phenoxy) is 1. The van der Waals surface area contributed by atoms with Crippen molar-refractivity contribution < 1.29 is 28.5 Å². The smallest absolute Gasteiger partial charge is 0.135 e. The zero-order chi connectivity index (χ0) is 60.3. The maximum atomic E-state index is 9.80. The van der Waals surface area contributed by atoms with E-state index in [9.17, 15) is 2.74 Å². The molecule has 8 aromatic carbocycles. The van der Waals surface area contributed by atoms with Crippen LogP contribution in [-0.4, -0.2) is 9.55 Å². The zero-order valence-electron chi connectivity index (χ0n) is 53.7. The van der Waals surface area contributed by atoms with Crippen LogP contribution >= 0.6 is 0 Å². The van der Waals surface area contributed by atoms with Gasteiger partial charge in [-0.15, -0.1) is 48.1 Å². The van der Waals surface area contributed by atoms with Gasteiger partial charge in [0.05, 0.1) is 0 Å². The Bertz CT molecular complexity index is 4220. The molecule has 0 saturated carbocycles. The molecule has 0 unspecified atom stereocenters. The first-order chi connectivity index (χ1) is 40.1. The molecule has 0 radical (unpaired) electrons. The third-order valence-corrected chi connectivity index (χ3v) is 17.4. The Kier molecular flexibility index (Phi) is 14.5. The Labute approximate surface area is 518 Å². The van der Waals surface area contributed by atoms with Crippen molar-refractivity contribution in [2.75, 3.05) is 9.80 Å². The van der Waals surface area contributed by atoms with E-state index < -0.39 is 6.37 Å². The van der Waals surface area contributed by atoms with Crippen LogP contribution < -0.4 is 14.5 Å². The Hall–Kier alpha value is -7.20. The molecule has 2 aromatic heterocycles. The van der Waals surface area contributed by atoms with Crippen LogP contribution in [0.3, 0.4) is 0 Å². The predicted molar refractivity (Wildman–Crippen MR) is 350 cm³/mol. The standard InChI is InChI=1S/C78H81N4O.Pt/c1-50(2)41-51-42-63(53-29-27-52(28-30-53)60-34-32-55(74(3,4)5)45-66(60)76(9,10)11)73(64(43-51)54-31-36-65-67(44-54)78(14,15)39-38-77(65,12)13)81-49-80(69-25-18-19-26-70(69)81)57-21-20-22-58(47-57)83-59-33-35-62-61-23-16-17-24-68(61)82(71(62)48-59)72-46-56(37-40-79-72)75(6,7)8;/h16-37,40,42-46,49-50H,38-39,41H2,1-15H3;/q-3;/i41D2;. The van der Waals surface area contributed by atoms with Crippen molar-refractivity contribution in [3.05, 3.63) is 222 Å². The molecule has 6 heteroatoms. The van der Waals surface area contributed by atoms with Gasteiger partial charge in [0, 0.05) is 75.2 Å². The van der Waals surface area contributed by atoms with E-state index in [1.807, 2.05) is 38.2 Å². The molecule has 5 nitrogen and oxygen atoms in total. The van der Waals surface area contributed by atoms with Gasteiger partial charge < -0.3 is 19.1 Å². The van der Waals surface area contributed by atoms with Gasteiger partial charge in [0.25, 0.3) is 0 Å². The van der Waals surface area contributed by atoms with Gasteiger partial charge in [0.1, 0.15) is 5.82 Å². The summed E-state index contributed by atoms with van der Waals surface area (Å²) in [6, 6.07) is 66.2. The summed E-state index contributed by atoms with van der Waals surface area (Å²) in [5, 5.41) is 2.19. The summed E-state index contributed by atoms with van der Waals surface area (Å²) in [5.74, 6) is 1.67. The third-order valence-electron chi connectivity index (χ3n) is 17.4. The molecular formula is C78H81N4OPt-3. The Morgan fingerprint density at radius 2 is 1.18 bits per heavy atom. The first-order valence-electron chi connectivity index (χ1n) is 30.8. The molecule has 12 rings (SSSR count). The summed E-state index contributed by atoms with van der Waals surface area (Å²) in [5.41, 5.74) is 19.1.